The first-order chi connectivity index (χ1) is 13.0. The van der Waals surface area contributed by atoms with Crippen molar-refractivity contribution in [2.75, 3.05) is 28.4 Å². The number of thiophene rings is 1. The lowest BCUT2D eigenvalue weighted by Crippen LogP contribution is -2.42. The van der Waals surface area contributed by atoms with Gasteiger partial charge >= 0.3 is 0 Å². The topological polar surface area (TPSA) is 64.1 Å². The Hall–Kier alpha value is -1.68. The second kappa shape index (κ2) is 12.0. The number of methoxy groups -OCH3 is 3. The third-order valence-electron chi connectivity index (χ3n) is 4.14. The summed E-state index contributed by atoms with van der Waals surface area (Å²) in [5.41, 5.74) is 0.958. The van der Waals surface area contributed by atoms with Crippen LogP contribution in [0.1, 0.15) is 22.2 Å². The Kier molecular flexibility index (Phi) is 10.4. The summed E-state index contributed by atoms with van der Waals surface area (Å²) in [6, 6.07) is 8.34. The van der Waals surface area contributed by atoms with Crippen LogP contribution < -0.4 is 24.8 Å². The SMILES string of the molecule is CN=C(NCc1cc(OC)c(OC)cc1OC)NC(C)Cc1ccc(C)s1.I. The summed E-state index contributed by atoms with van der Waals surface area (Å²) < 4.78 is 16.2. The van der Waals surface area contributed by atoms with Crippen molar-refractivity contribution < 1.29 is 14.2 Å². The fourth-order valence-corrected chi connectivity index (χ4v) is 3.80. The van der Waals surface area contributed by atoms with Crippen molar-refractivity contribution in [2.45, 2.75) is 32.9 Å². The number of rotatable bonds is 8. The van der Waals surface area contributed by atoms with E-state index in [-0.39, 0.29) is 30.0 Å². The van der Waals surface area contributed by atoms with Gasteiger partial charge in [-0.2, -0.15) is 0 Å². The van der Waals surface area contributed by atoms with Gasteiger partial charge in [-0.15, -0.1) is 35.3 Å². The van der Waals surface area contributed by atoms with Crippen LogP contribution in [0.25, 0.3) is 0 Å². The number of hydrogen-bond acceptors (Lipinski definition) is 5. The lowest BCUT2D eigenvalue weighted by atomic mass is 10.1. The van der Waals surface area contributed by atoms with Gasteiger partial charge < -0.3 is 24.8 Å². The third-order valence-corrected chi connectivity index (χ3v) is 5.17. The minimum absolute atomic E-state index is 0. The Morgan fingerprint density at radius 1 is 1.07 bits per heavy atom. The van der Waals surface area contributed by atoms with E-state index in [9.17, 15) is 0 Å². The van der Waals surface area contributed by atoms with E-state index < -0.39 is 0 Å². The maximum absolute atomic E-state index is 5.48. The van der Waals surface area contributed by atoms with E-state index in [1.807, 2.05) is 23.5 Å². The molecule has 0 aliphatic carbocycles. The Bertz CT molecular complexity index is 780. The quantitative estimate of drug-likeness (QED) is 0.314. The van der Waals surface area contributed by atoms with Gasteiger partial charge in [0.2, 0.25) is 0 Å². The predicted octanol–water partition coefficient (Wildman–Crippen LogP) is 4.00. The van der Waals surface area contributed by atoms with E-state index in [2.05, 4.69) is 41.6 Å². The van der Waals surface area contributed by atoms with Crippen molar-refractivity contribution in [1.82, 2.24) is 10.6 Å². The summed E-state index contributed by atoms with van der Waals surface area (Å²) in [6.45, 7) is 4.83. The number of halogens is 1. The highest BCUT2D eigenvalue weighted by Gasteiger charge is 2.13. The van der Waals surface area contributed by atoms with Crippen molar-refractivity contribution in [2.24, 2.45) is 4.99 Å². The van der Waals surface area contributed by atoms with Gasteiger partial charge in [-0.05, 0) is 32.0 Å². The van der Waals surface area contributed by atoms with Crippen LogP contribution in [-0.2, 0) is 13.0 Å². The largest absolute Gasteiger partial charge is 0.496 e. The number of nitrogens with zero attached hydrogens (tertiary/aromatic N) is 1. The highest BCUT2D eigenvalue weighted by molar-refractivity contribution is 14.0. The third kappa shape index (κ3) is 6.73. The van der Waals surface area contributed by atoms with E-state index in [1.54, 1.807) is 28.4 Å². The maximum Gasteiger partial charge on any atom is 0.191 e. The maximum atomic E-state index is 5.48. The first-order valence-corrected chi connectivity index (χ1v) is 9.63. The van der Waals surface area contributed by atoms with Crippen LogP contribution >= 0.6 is 35.3 Å². The molecule has 0 aliphatic rings. The summed E-state index contributed by atoms with van der Waals surface area (Å²) >= 11 is 1.83. The molecule has 0 spiro atoms. The van der Waals surface area contributed by atoms with Gasteiger partial charge in [0.25, 0.3) is 0 Å². The number of aryl methyl sites for hydroxylation is 1. The zero-order chi connectivity index (χ0) is 19.8. The van der Waals surface area contributed by atoms with Gasteiger partial charge in [-0.1, -0.05) is 0 Å². The molecule has 2 rings (SSSR count). The molecule has 2 aromatic rings. The molecule has 156 valence electrons. The van der Waals surface area contributed by atoms with Crippen LogP contribution in [0.5, 0.6) is 17.2 Å². The van der Waals surface area contributed by atoms with Crippen molar-refractivity contribution in [3.05, 3.63) is 39.6 Å². The van der Waals surface area contributed by atoms with Crippen LogP contribution in [-0.4, -0.2) is 40.4 Å². The summed E-state index contributed by atoms with van der Waals surface area (Å²) in [5.74, 6) is 2.78. The van der Waals surface area contributed by atoms with Crippen molar-refractivity contribution >= 4 is 41.3 Å². The number of ether oxygens (including phenoxy) is 3. The number of hydrogen-bond donors (Lipinski definition) is 2. The van der Waals surface area contributed by atoms with Crippen molar-refractivity contribution in [1.29, 1.82) is 0 Å². The zero-order valence-electron chi connectivity index (χ0n) is 17.3. The first kappa shape index (κ1) is 24.4. The smallest absolute Gasteiger partial charge is 0.191 e. The fourth-order valence-electron chi connectivity index (χ4n) is 2.79. The molecule has 0 saturated carbocycles. The zero-order valence-corrected chi connectivity index (χ0v) is 20.4. The average Bonchev–Trinajstić information content (AvgIpc) is 3.08. The average molecular weight is 519 g/mol. The monoisotopic (exact) mass is 519 g/mol. The standard InChI is InChI=1S/C20H29N3O3S.HI/c1-13(9-16-8-7-14(2)27-16)23-20(21-3)22-12-15-10-18(25-5)19(26-6)11-17(15)24-4;/h7-8,10-11,13H,9,12H2,1-6H3,(H2,21,22,23);1H. The van der Waals surface area contributed by atoms with Gasteiger partial charge in [-0.3, -0.25) is 4.99 Å². The molecule has 0 amide bonds. The Morgan fingerprint density at radius 2 is 1.71 bits per heavy atom. The molecule has 0 aliphatic heterocycles. The molecule has 8 heteroatoms. The molecular formula is C20H30IN3O3S. The van der Waals surface area contributed by atoms with Gasteiger partial charge in [0.15, 0.2) is 17.5 Å². The van der Waals surface area contributed by atoms with Gasteiger partial charge in [0, 0.05) is 47.4 Å². The number of guanidine groups is 1. The molecule has 1 aromatic carbocycles. The summed E-state index contributed by atoms with van der Waals surface area (Å²) in [5, 5.41) is 6.77. The van der Waals surface area contributed by atoms with E-state index in [1.165, 1.54) is 9.75 Å². The molecular weight excluding hydrogens is 489 g/mol. The van der Waals surface area contributed by atoms with Crippen molar-refractivity contribution in [3.63, 3.8) is 0 Å². The molecule has 6 nitrogen and oxygen atoms in total. The summed E-state index contributed by atoms with van der Waals surface area (Å²) in [7, 11) is 6.64. The predicted molar refractivity (Wildman–Crippen MR) is 127 cm³/mol. The number of aliphatic imine (C=N–C) groups is 1. The Labute approximate surface area is 188 Å². The van der Waals surface area contributed by atoms with Crippen LogP contribution in [0, 0.1) is 6.92 Å². The van der Waals surface area contributed by atoms with Gasteiger partial charge in [-0.25, -0.2) is 0 Å². The Morgan fingerprint density at radius 3 is 2.25 bits per heavy atom. The molecule has 0 bridgehead atoms. The molecule has 0 radical (unpaired) electrons. The van der Waals surface area contributed by atoms with Crippen LogP contribution in [0.2, 0.25) is 0 Å². The molecule has 28 heavy (non-hydrogen) atoms. The van der Waals surface area contributed by atoms with Crippen LogP contribution in [0.3, 0.4) is 0 Å². The first-order valence-electron chi connectivity index (χ1n) is 8.82. The molecule has 2 N–H and O–H groups in total. The highest BCUT2D eigenvalue weighted by atomic mass is 127. The molecule has 1 heterocycles. The van der Waals surface area contributed by atoms with Crippen molar-refractivity contribution in [3.8, 4) is 17.2 Å². The second-order valence-electron chi connectivity index (χ2n) is 6.21. The van der Waals surface area contributed by atoms with E-state index in [0.717, 1.165) is 23.7 Å². The van der Waals surface area contributed by atoms with E-state index >= 15 is 0 Å². The van der Waals surface area contributed by atoms with Crippen LogP contribution in [0.15, 0.2) is 29.3 Å². The normalized spacial score (nSPS) is 12.0. The second-order valence-corrected chi connectivity index (χ2v) is 7.58. The highest BCUT2D eigenvalue weighted by Crippen LogP contribution is 2.34. The number of nitrogens with one attached hydrogen (secondary N) is 2. The number of benzene rings is 1. The fraction of sp³-hybridized carbons (Fsp3) is 0.450. The molecule has 0 fully saturated rings. The van der Waals surface area contributed by atoms with E-state index in [4.69, 9.17) is 14.2 Å². The molecule has 0 saturated heterocycles. The minimum atomic E-state index is 0. The van der Waals surface area contributed by atoms with Crippen LogP contribution in [0.4, 0.5) is 0 Å². The molecule has 1 aromatic heterocycles. The lowest BCUT2D eigenvalue weighted by molar-refractivity contribution is 0.347. The van der Waals surface area contributed by atoms with E-state index in [0.29, 0.717) is 18.0 Å². The lowest BCUT2D eigenvalue weighted by Gasteiger charge is -2.19. The van der Waals surface area contributed by atoms with Gasteiger partial charge in [0.1, 0.15) is 5.75 Å². The minimum Gasteiger partial charge on any atom is -0.496 e. The Balaban J connectivity index is 0.00000392. The summed E-state index contributed by atoms with van der Waals surface area (Å²) in [6.07, 6.45) is 0.957. The van der Waals surface area contributed by atoms with Gasteiger partial charge in [0.05, 0.1) is 21.3 Å². The summed E-state index contributed by atoms with van der Waals surface area (Å²) in [4.78, 5) is 7.02. The molecule has 1 unspecified atom stereocenters. The molecule has 1 atom stereocenters.